The SMILES string of the molecule is Cc1cc(S(=O)(=O)N2CCCN(C(N)=O)CC2)ccc1F. The van der Waals surface area contributed by atoms with Crippen LogP contribution in [0.5, 0.6) is 0 Å². The van der Waals surface area contributed by atoms with Gasteiger partial charge < -0.3 is 10.6 Å². The Hall–Kier alpha value is -1.67. The lowest BCUT2D eigenvalue weighted by atomic mass is 10.2. The number of urea groups is 1. The molecule has 1 aliphatic rings. The Bertz CT molecular complexity index is 648. The van der Waals surface area contributed by atoms with Crippen LogP contribution in [0.1, 0.15) is 12.0 Å². The molecule has 116 valence electrons. The summed E-state index contributed by atoms with van der Waals surface area (Å²) in [5.74, 6) is -0.440. The van der Waals surface area contributed by atoms with E-state index in [0.717, 1.165) is 6.07 Å². The predicted octanol–water partition coefficient (Wildman–Crippen LogP) is 0.909. The largest absolute Gasteiger partial charge is 0.351 e. The molecule has 1 aromatic rings. The molecule has 0 unspecified atom stereocenters. The average molecular weight is 315 g/mol. The number of primary amides is 1. The van der Waals surface area contributed by atoms with Crippen LogP contribution in [0, 0.1) is 12.7 Å². The van der Waals surface area contributed by atoms with Crippen LogP contribution in [0.15, 0.2) is 23.1 Å². The summed E-state index contributed by atoms with van der Waals surface area (Å²) in [6.45, 7) is 2.70. The van der Waals surface area contributed by atoms with Crippen LogP contribution >= 0.6 is 0 Å². The molecule has 1 fully saturated rings. The first-order valence-corrected chi connectivity index (χ1v) is 8.07. The van der Waals surface area contributed by atoms with Crippen molar-refractivity contribution in [2.45, 2.75) is 18.2 Å². The monoisotopic (exact) mass is 315 g/mol. The molecule has 2 amide bonds. The number of nitrogens with two attached hydrogens (primary N) is 1. The fourth-order valence-electron chi connectivity index (χ4n) is 2.28. The van der Waals surface area contributed by atoms with Gasteiger partial charge in [0.2, 0.25) is 10.0 Å². The summed E-state index contributed by atoms with van der Waals surface area (Å²) >= 11 is 0. The summed E-state index contributed by atoms with van der Waals surface area (Å²) in [5.41, 5.74) is 5.50. The number of hydrogen-bond acceptors (Lipinski definition) is 3. The van der Waals surface area contributed by atoms with Gasteiger partial charge in [0, 0.05) is 26.2 Å². The second-order valence-electron chi connectivity index (χ2n) is 4.99. The van der Waals surface area contributed by atoms with Gasteiger partial charge in [-0.05, 0) is 37.1 Å². The van der Waals surface area contributed by atoms with Crippen molar-refractivity contribution in [1.29, 1.82) is 0 Å². The molecule has 2 rings (SSSR count). The lowest BCUT2D eigenvalue weighted by Crippen LogP contribution is -2.39. The Morgan fingerprint density at radius 1 is 1.24 bits per heavy atom. The molecule has 0 aromatic heterocycles. The van der Waals surface area contributed by atoms with Crippen LogP contribution < -0.4 is 5.73 Å². The summed E-state index contributed by atoms with van der Waals surface area (Å²) in [6, 6.07) is 3.18. The van der Waals surface area contributed by atoms with Crippen LogP contribution in [0.3, 0.4) is 0 Å². The number of benzene rings is 1. The molecule has 0 saturated carbocycles. The van der Waals surface area contributed by atoms with E-state index in [4.69, 9.17) is 5.73 Å². The molecule has 0 atom stereocenters. The Labute approximate surface area is 123 Å². The van der Waals surface area contributed by atoms with E-state index in [-0.39, 0.29) is 23.5 Å². The van der Waals surface area contributed by atoms with Gasteiger partial charge in [0.15, 0.2) is 0 Å². The molecular weight excluding hydrogens is 297 g/mol. The highest BCUT2D eigenvalue weighted by Gasteiger charge is 2.28. The number of aryl methyl sites for hydroxylation is 1. The highest BCUT2D eigenvalue weighted by Crippen LogP contribution is 2.20. The molecule has 1 aromatic carbocycles. The lowest BCUT2D eigenvalue weighted by molar-refractivity contribution is 0.210. The average Bonchev–Trinajstić information content (AvgIpc) is 2.68. The molecule has 0 bridgehead atoms. The molecule has 21 heavy (non-hydrogen) atoms. The van der Waals surface area contributed by atoms with Crippen LogP contribution in [0.2, 0.25) is 0 Å². The number of carbonyl (C=O) groups is 1. The van der Waals surface area contributed by atoms with Crippen molar-refractivity contribution in [3.63, 3.8) is 0 Å². The van der Waals surface area contributed by atoms with Crippen molar-refractivity contribution in [3.8, 4) is 0 Å². The molecule has 0 radical (unpaired) electrons. The van der Waals surface area contributed by atoms with Crippen LogP contribution in [0.4, 0.5) is 9.18 Å². The minimum absolute atomic E-state index is 0.0638. The summed E-state index contributed by atoms with van der Waals surface area (Å²) in [7, 11) is -3.69. The van der Waals surface area contributed by atoms with Crippen molar-refractivity contribution >= 4 is 16.1 Å². The lowest BCUT2D eigenvalue weighted by Gasteiger charge is -2.21. The quantitative estimate of drug-likeness (QED) is 0.880. The molecule has 1 aliphatic heterocycles. The first-order chi connectivity index (χ1) is 9.82. The summed E-state index contributed by atoms with van der Waals surface area (Å²) < 4.78 is 39.7. The molecule has 0 aliphatic carbocycles. The third kappa shape index (κ3) is 3.33. The van der Waals surface area contributed by atoms with Gasteiger partial charge >= 0.3 is 6.03 Å². The van der Waals surface area contributed by atoms with Gasteiger partial charge in [0.25, 0.3) is 0 Å². The fourth-order valence-corrected chi connectivity index (χ4v) is 3.84. The van der Waals surface area contributed by atoms with Crippen molar-refractivity contribution < 1.29 is 17.6 Å². The van der Waals surface area contributed by atoms with Gasteiger partial charge in [-0.1, -0.05) is 0 Å². The van der Waals surface area contributed by atoms with Gasteiger partial charge in [0.1, 0.15) is 5.82 Å². The van der Waals surface area contributed by atoms with Crippen molar-refractivity contribution in [3.05, 3.63) is 29.6 Å². The third-order valence-corrected chi connectivity index (χ3v) is 5.43. The second kappa shape index (κ2) is 5.98. The summed E-state index contributed by atoms with van der Waals surface area (Å²) in [4.78, 5) is 12.6. The molecule has 0 spiro atoms. The minimum atomic E-state index is -3.69. The van der Waals surface area contributed by atoms with E-state index in [1.165, 1.54) is 28.3 Å². The first-order valence-electron chi connectivity index (χ1n) is 6.63. The number of rotatable bonds is 2. The van der Waals surface area contributed by atoms with E-state index in [1.54, 1.807) is 0 Å². The van der Waals surface area contributed by atoms with E-state index < -0.39 is 21.9 Å². The van der Waals surface area contributed by atoms with E-state index in [0.29, 0.717) is 19.5 Å². The maximum atomic E-state index is 13.3. The van der Waals surface area contributed by atoms with Crippen molar-refractivity contribution in [2.24, 2.45) is 5.73 Å². The molecule has 1 saturated heterocycles. The number of halogens is 1. The van der Waals surface area contributed by atoms with Gasteiger partial charge in [-0.15, -0.1) is 0 Å². The molecule has 1 heterocycles. The number of sulfonamides is 1. The number of amides is 2. The maximum absolute atomic E-state index is 13.3. The van der Waals surface area contributed by atoms with Gasteiger partial charge in [-0.25, -0.2) is 17.6 Å². The highest BCUT2D eigenvalue weighted by molar-refractivity contribution is 7.89. The zero-order chi connectivity index (χ0) is 15.6. The minimum Gasteiger partial charge on any atom is -0.351 e. The molecule has 8 heteroatoms. The van der Waals surface area contributed by atoms with Crippen LogP contribution in [0.25, 0.3) is 0 Å². The summed E-state index contributed by atoms with van der Waals surface area (Å²) in [5, 5.41) is 0. The normalized spacial score (nSPS) is 17.5. The molecule has 2 N–H and O–H groups in total. The van der Waals surface area contributed by atoms with E-state index in [1.807, 2.05) is 0 Å². The van der Waals surface area contributed by atoms with Gasteiger partial charge in [-0.2, -0.15) is 4.31 Å². The van der Waals surface area contributed by atoms with Gasteiger partial charge in [-0.3, -0.25) is 0 Å². The fraction of sp³-hybridized carbons (Fsp3) is 0.462. The van der Waals surface area contributed by atoms with Crippen LogP contribution in [-0.4, -0.2) is 49.8 Å². The number of carbonyl (C=O) groups excluding carboxylic acids is 1. The third-order valence-electron chi connectivity index (χ3n) is 3.53. The highest BCUT2D eigenvalue weighted by atomic mass is 32.2. The predicted molar refractivity (Wildman–Crippen MR) is 75.7 cm³/mol. The Balaban J connectivity index is 2.23. The van der Waals surface area contributed by atoms with E-state index >= 15 is 0 Å². The van der Waals surface area contributed by atoms with Crippen molar-refractivity contribution in [2.75, 3.05) is 26.2 Å². The Kier molecular flexibility index (Phi) is 4.48. The maximum Gasteiger partial charge on any atom is 0.314 e. The first kappa shape index (κ1) is 15.7. The number of hydrogen-bond donors (Lipinski definition) is 1. The van der Waals surface area contributed by atoms with Crippen LogP contribution in [-0.2, 0) is 10.0 Å². The summed E-state index contributed by atoms with van der Waals surface area (Å²) in [6.07, 6.45) is 0.516. The zero-order valence-corrected chi connectivity index (χ0v) is 12.6. The van der Waals surface area contributed by atoms with E-state index in [9.17, 15) is 17.6 Å². The Morgan fingerprint density at radius 3 is 2.57 bits per heavy atom. The topological polar surface area (TPSA) is 83.7 Å². The standard InChI is InChI=1S/C13H18FN3O3S/c1-10-9-11(3-4-12(10)14)21(19,20)17-6-2-5-16(7-8-17)13(15)18/h3-4,9H,2,5-8H2,1H3,(H2,15,18). The van der Waals surface area contributed by atoms with Crippen molar-refractivity contribution in [1.82, 2.24) is 9.21 Å². The zero-order valence-electron chi connectivity index (χ0n) is 11.8. The Morgan fingerprint density at radius 2 is 1.95 bits per heavy atom. The smallest absolute Gasteiger partial charge is 0.314 e. The van der Waals surface area contributed by atoms with E-state index in [2.05, 4.69) is 0 Å². The van der Waals surface area contributed by atoms with Gasteiger partial charge in [0.05, 0.1) is 4.90 Å². The second-order valence-corrected chi connectivity index (χ2v) is 6.93. The molecular formula is C13H18FN3O3S. The molecule has 6 nitrogen and oxygen atoms in total. The number of nitrogens with zero attached hydrogens (tertiary/aromatic N) is 2.